The summed E-state index contributed by atoms with van der Waals surface area (Å²) < 4.78 is 26.9. The largest absolute Gasteiger partial charge is 0.391 e. The van der Waals surface area contributed by atoms with Gasteiger partial charge in [0.25, 0.3) is 5.91 Å². The lowest BCUT2D eigenvalue weighted by Gasteiger charge is -2.21. The minimum absolute atomic E-state index is 0.367. The number of nitrogens with one attached hydrogen (secondary N) is 1. The van der Waals surface area contributed by atoms with Crippen molar-refractivity contribution in [2.75, 3.05) is 0 Å². The Morgan fingerprint density at radius 3 is 2.65 bits per heavy atom. The SMILES string of the molecule is O=C(NC1CCCCCC1O)c1cc(F)c(Cl)cc1F. The van der Waals surface area contributed by atoms with E-state index in [2.05, 4.69) is 5.32 Å². The summed E-state index contributed by atoms with van der Waals surface area (Å²) in [5, 5.41) is 12.1. The zero-order chi connectivity index (χ0) is 14.7. The number of carbonyl (C=O) groups is 1. The molecule has 0 radical (unpaired) electrons. The Morgan fingerprint density at radius 2 is 1.90 bits per heavy atom. The fourth-order valence-corrected chi connectivity index (χ4v) is 2.55. The first-order chi connectivity index (χ1) is 9.49. The van der Waals surface area contributed by atoms with Crippen LogP contribution in [0.5, 0.6) is 0 Å². The molecule has 1 saturated carbocycles. The Balaban J connectivity index is 2.13. The van der Waals surface area contributed by atoms with Gasteiger partial charge in [-0.15, -0.1) is 0 Å². The van der Waals surface area contributed by atoms with E-state index >= 15 is 0 Å². The summed E-state index contributed by atoms with van der Waals surface area (Å²) in [7, 11) is 0. The fraction of sp³-hybridized carbons (Fsp3) is 0.500. The Hall–Kier alpha value is -1.20. The van der Waals surface area contributed by atoms with Crippen LogP contribution < -0.4 is 5.32 Å². The van der Waals surface area contributed by atoms with Crippen molar-refractivity contribution >= 4 is 17.5 Å². The van der Waals surface area contributed by atoms with Gasteiger partial charge in [0, 0.05) is 0 Å². The first-order valence-electron chi connectivity index (χ1n) is 6.62. The first kappa shape index (κ1) is 15.2. The van der Waals surface area contributed by atoms with Crippen molar-refractivity contribution in [3.05, 3.63) is 34.4 Å². The Kier molecular flexibility index (Phi) is 4.94. The highest BCUT2D eigenvalue weighted by Gasteiger charge is 2.25. The molecule has 1 aliphatic carbocycles. The number of benzene rings is 1. The van der Waals surface area contributed by atoms with Gasteiger partial charge in [-0.1, -0.05) is 30.9 Å². The van der Waals surface area contributed by atoms with E-state index in [1.54, 1.807) is 0 Å². The van der Waals surface area contributed by atoms with Crippen molar-refractivity contribution in [2.45, 2.75) is 44.2 Å². The number of hydrogen-bond donors (Lipinski definition) is 2. The number of aliphatic hydroxyl groups is 1. The zero-order valence-corrected chi connectivity index (χ0v) is 11.6. The summed E-state index contributed by atoms with van der Waals surface area (Å²) in [5.41, 5.74) is -0.400. The topological polar surface area (TPSA) is 49.3 Å². The normalized spacial score (nSPS) is 23.2. The lowest BCUT2D eigenvalue weighted by Crippen LogP contribution is -2.43. The predicted molar refractivity (Wildman–Crippen MR) is 71.7 cm³/mol. The maximum atomic E-state index is 13.6. The molecule has 1 aromatic carbocycles. The van der Waals surface area contributed by atoms with Crippen molar-refractivity contribution in [1.82, 2.24) is 5.32 Å². The molecular weight excluding hydrogens is 288 g/mol. The highest BCUT2D eigenvalue weighted by Crippen LogP contribution is 2.21. The number of rotatable bonds is 2. The van der Waals surface area contributed by atoms with E-state index in [9.17, 15) is 18.7 Å². The molecule has 20 heavy (non-hydrogen) atoms. The van der Waals surface area contributed by atoms with Crippen LogP contribution in [-0.4, -0.2) is 23.2 Å². The van der Waals surface area contributed by atoms with Crippen LogP contribution in [0.1, 0.15) is 42.5 Å². The molecule has 1 amide bonds. The van der Waals surface area contributed by atoms with E-state index in [1.165, 1.54) is 0 Å². The third-order valence-electron chi connectivity index (χ3n) is 3.55. The predicted octanol–water partition coefficient (Wildman–Crippen LogP) is 3.04. The second kappa shape index (κ2) is 6.50. The summed E-state index contributed by atoms with van der Waals surface area (Å²) in [6.45, 7) is 0. The number of carbonyl (C=O) groups excluding carboxylic acids is 1. The van der Waals surface area contributed by atoms with Gasteiger partial charge in [0.15, 0.2) is 0 Å². The number of hydrogen-bond acceptors (Lipinski definition) is 2. The van der Waals surface area contributed by atoms with Crippen LogP contribution in [0.3, 0.4) is 0 Å². The Morgan fingerprint density at radius 1 is 1.20 bits per heavy atom. The molecule has 2 atom stereocenters. The number of amides is 1. The average molecular weight is 304 g/mol. The molecule has 0 heterocycles. The Bertz CT molecular complexity index is 510. The second-order valence-electron chi connectivity index (χ2n) is 5.03. The molecule has 0 aliphatic heterocycles. The van der Waals surface area contributed by atoms with Gasteiger partial charge in [-0.2, -0.15) is 0 Å². The minimum atomic E-state index is -0.878. The van der Waals surface area contributed by atoms with Crippen LogP contribution in [0.4, 0.5) is 8.78 Å². The van der Waals surface area contributed by atoms with Gasteiger partial charge < -0.3 is 10.4 Å². The molecule has 1 aromatic rings. The molecule has 1 aliphatic rings. The maximum Gasteiger partial charge on any atom is 0.254 e. The van der Waals surface area contributed by atoms with Crippen molar-refractivity contribution in [2.24, 2.45) is 0 Å². The van der Waals surface area contributed by atoms with Crippen LogP contribution in [0.15, 0.2) is 12.1 Å². The molecule has 2 unspecified atom stereocenters. The second-order valence-corrected chi connectivity index (χ2v) is 5.44. The van der Waals surface area contributed by atoms with E-state index in [1.807, 2.05) is 0 Å². The van der Waals surface area contributed by atoms with Crippen molar-refractivity contribution in [3.63, 3.8) is 0 Å². The highest BCUT2D eigenvalue weighted by atomic mass is 35.5. The summed E-state index contributed by atoms with van der Waals surface area (Å²) in [5.74, 6) is -2.46. The lowest BCUT2D eigenvalue weighted by atomic mass is 10.1. The van der Waals surface area contributed by atoms with Crippen molar-refractivity contribution in [3.8, 4) is 0 Å². The zero-order valence-electron chi connectivity index (χ0n) is 10.8. The van der Waals surface area contributed by atoms with Crippen molar-refractivity contribution in [1.29, 1.82) is 0 Å². The molecule has 0 spiro atoms. The number of halogens is 3. The van der Waals surface area contributed by atoms with Crippen molar-refractivity contribution < 1.29 is 18.7 Å². The van der Waals surface area contributed by atoms with Gasteiger partial charge >= 0.3 is 0 Å². The van der Waals surface area contributed by atoms with Gasteiger partial charge in [-0.05, 0) is 25.0 Å². The molecule has 2 rings (SSSR count). The van der Waals surface area contributed by atoms with Crippen LogP contribution in [0.25, 0.3) is 0 Å². The molecule has 0 saturated heterocycles. The van der Waals surface area contributed by atoms with E-state index in [-0.39, 0.29) is 5.02 Å². The van der Waals surface area contributed by atoms with Gasteiger partial charge in [0.05, 0.1) is 22.7 Å². The van der Waals surface area contributed by atoms with Gasteiger partial charge in [0.2, 0.25) is 0 Å². The van der Waals surface area contributed by atoms with Gasteiger partial charge in [-0.25, -0.2) is 8.78 Å². The Labute approximate surface area is 120 Å². The molecular formula is C14H16ClF2NO2. The van der Waals surface area contributed by atoms with Crippen LogP contribution in [0, 0.1) is 11.6 Å². The standard InChI is InChI=1S/C14H16ClF2NO2/c15-9-7-10(16)8(6-11(9)17)14(20)18-12-4-2-1-3-5-13(12)19/h6-7,12-13,19H,1-5H2,(H,18,20). The molecule has 6 heteroatoms. The van der Waals surface area contributed by atoms with E-state index in [0.29, 0.717) is 12.8 Å². The molecule has 1 fully saturated rings. The molecule has 3 nitrogen and oxygen atoms in total. The molecule has 2 N–H and O–H groups in total. The minimum Gasteiger partial charge on any atom is -0.391 e. The number of aliphatic hydroxyl groups excluding tert-OH is 1. The third-order valence-corrected chi connectivity index (χ3v) is 3.84. The molecule has 0 bridgehead atoms. The average Bonchev–Trinajstić information content (AvgIpc) is 2.59. The smallest absolute Gasteiger partial charge is 0.254 e. The first-order valence-corrected chi connectivity index (χ1v) is 7.00. The molecule has 110 valence electrons. The highest BCUT2D eigenvalue weighted by molar-refractivity contribution is 6.30. The summed E-state index contributed by atoms with van der Waals surface area (Å²) in [6, 6.07) is 1.12. The quantitative estimate of drug-likeness (QED) is 0.652. The lowest BCUT2D eigenvalue weighted by molar-refractivity contribution is 0.0814. The van der Waals surface area contributed by atoms with Gasteiger partial charge in [0.1, 0.15) is 11.6 Å². The summed E-state index contributed by atoms with van der Waals surface area (Å²) in [6.07, 6.45) is 3.36. The summed E-state index contributed by atoms with van der Waals surface area (Å²) >= 11 is 5.44. The van der Waals surface area contributed by atoms with Crippen LogP contribution >= 0.6 is 11.6 Å². The van der Waals surface area contributed by atoms with E-state index in [0.717, 1.165) is 31.4 Å². The van der Waals surface area contributed by atoms with Crippen LogP contribution in [0.2, 0.25) is 5.02 Å². The van der Waals surface area contributed by atoms with Crippen LogP contribution in [-0.2, 0) is 0 Å². The maximum absolute atomic E-state index is 13.6. The monoisotopic (exact) mass is 303 g/mol. The van der Waals surface area contributed by atoms with E-state index in [4.69, 9.17) is 11.6 Å². The fourth-order valence-electron chi connectivity index (χ4n) is 2.40. The molecule has 0 aromatic heterocycles. The van der Waals surface area contributed by atoms with E-state index < -0.39 is 35.3 Å². The van der Waals surface area contributed by atoms with Gasteiger partial charge in [-0.3, -0.25) is 4.79 Å². The summed E-state index contributed by atoms with van der Waals surface area (Å²) in [4.78, 5) is 12.0. The third kappa shape index (κ3) is 3.46.